The van der Waals surface area contributed by atoms with Gasteiger partial charge in [-0.2, -0.15) is 0 Å². The lowest BCUT2D eigenvalue weighted by molar-refractivity contribution is 0.508. The lowest BCUT2D eigenvalue weighted by Gasteiger charge is -2.06. The molecule has 0 spiro atoms. The maximum absolute atomic E-state index is 5.81. The number of thioether (sulfide) groups is 1. The zero-order valence-corrected chi connectivity index (χ0v) is 14.9. The summed E-state index contributed by atoms with van der Waals surface area (Å²) in [6.45, 7) is 2.65. The van der Waals surface area contributed by atoms with Gasteiger partial charge in [-0.3, -0.25) is 0 Å². The van der Waals surface area contributed by atoms with Crippen LogP contribution in [0.4, 0.5) is 0 Å². The summed E-state index contributed by atoms with van der Waals surface area (Å²) < 4.78 is 7.59. The smallest absolute Gasteiger partial charge is 0.247 e. The van der Waals surface area contributed by atoms with Crippen LogP contribution in [0.15, 0.2) is 57.4 Å². The average molecular weight is 370 g/mol. The normalized spacial score (nSPS) is 12.4. The maximum atomic E-state index is 5.81. The van der Waals surface area contributed by atoms with Crippen molar-refractivity contribution in [3.8, 4) is 11.5 Å². The molecule has 25 heavy (non-hydrogen) atoms. The Hall–Kier alpha value is -2.52. The Kier molecular flexibility index (Phi) is 4.57. The van der Waals surface area contributed by atoms with E-state index in [9.17, 15) is 0 Å². The Bertz CT molecular complexity index is 935. The van der Waals surface area contributed by atoms with Crippen molar-refractivity contribution in [2.75, 3.05) is 0 Å². The van der Waals surface area contributed by atoms with Gasteiger partial charge in [0.05, 0.1) is 11.8 Å². The van der Waals surface area contributed by atoms with Gasteiger partial charge < -0.3 is 4.42 Å². The van der Waals surface area contributed by atoms with E-state index < -0.39 is 0 Å². The Morgan fingerprint density at radius 1 is 1.12 bits per heavy atom. The second kappa shape index (κ2) is 7.16. The lowest BCUT2D eigenvalue weighted by Crippen LogP contribution is -2.03. The first-order chi connectivity index (χ1) is 12.3. The summed E-state index contributed by atoms with van der Waals surface area (Å²) in [5.41, 5.74) is 0.904. The topological polar surface area (TPSA) is 82.5 Å². The number of tetrazole rings is 1. The van der Waals surface area contributed by atoms with Crippen molar-refractivity contribution >= 4 is 23.1 Å². The van der Waals surface area contributed by atoms with E-state index in [1.54, 1.807) is 16.0 Å². The molecule has 0 aliphatic rings. The van der Waals surface area contributed by atoms with Crippen molar-refractivity contribution in [2.45, 2.75) is 23.9 Å². The molecule has 0 aliphatic heterocycles. The van der Waals surface area contributed by atoms with E-state index >= 15 is 0 Å². The summed E-state index contributed by atoms with van der Waals surface area (Å²) >= 11 is 3.18. The van der Waals surface area contributed by atoms with Crippen LogP contribution in [0.3, 0.4) is 0 Å². The van der Waals surface area contributed by atoms with E-state index in [-0.39, 0.29) is 5.25 Å². The van der Waals surface area contributed by atoms with E-state index in [1.165, 1.54) is 16.6 Å². The van der Waals surface area contributed by atoms with Gasteiger partial charge in [0.25, 0.3) is 0 Å². The van der Waals surface area contributed by atoms with Crippen molar-refractivity contribution < 1.29 is 4.42 Å². The van der Waals surface area contributed by atoms with Crippen LogP contribution < -0.4 is 0 Å². The van der Waals surface area contributed by atoms with E-state index in [1.807, 2.05) is 48.7 Å². The van der Waals surface area contributed by atoms with Crippen molar-refractivity contribution in [3.63, 3.8) is 0 Å². The standard InChI is InChI=1S/C16H14N6OS2/c1-11(14-17-18-15(23-14)12-6-3-2-4-7-12)25-16-19-20-21-22(16)10-13-8-5-9-24-13/h2-9,11H,10H2,1H3. The third-order valence-corrected chi connectivity index (χ3v) is 5.40. The zero-order valence-electron chi connectivity index (χ0n) is 13.3. The van der Waals surface area contributed by atoms with Crippen molar-refractivity contribution in [1.29, 1.82) is 0 Å². The fourth-order valence-corrected chi connectivity index (χ4v) is 3.74. The summed E-state index contributed by atoms with van der Waals surface area (Å²) in [6, 6.07) is 13.8. The second-order valence-electron chi connectivity index (χ2n) is 5.27. The van der Waals surface area contributed by atoms with Gasteiger partial charge in [-0.15, -0.1) is 26.6 Å². The fraction of sp³-hybridized carbons (Fsp3) is 0.188. The molecule has 0 N–H and O–H groups in total. The molecule has 4 rings (SSSR count). The number of benzene rings is 1. The summed E-state index contributed by atoms with van der Waals surface area (Å²) in [7, 11) is 0. The average Bonchev–Trinajstić information content (AvgIpc) is 3.38. The van der Waals surface area contributed by atoms with Crippen LogP contribution in [0, 0.1) is 0 Å². The number of hydrogen-bond acceptors (Lipinski definition) is 8. The van der Waals surface area contributed by atoms with E-state index in [2.05, 4.69) is 31.8 Å². The summed E-state index contributed by atoms with van der Waals surface area (Å²) in [5, 5.41) is 23.0. The molecule has 1 unspecified atom stereocenters. The predicted octanol–water partition coefficient (Wildman–Crippen LogP) is 3.69. The Morgan fingerprint density at radius 2 is 2.00 bits per heavy atom. The third kappa shape index (κ3) is 3.62. The fourth-order valence-electron chi connectivity index (χ4n) is 2.24. The van der Waals surface area contributed by atoms with Gasteiger partial charge in [0, 0.05) is 10.4 Å². The Labute approximate surface area is 152 Å². The molecular weight excluding hydrogens is 356 g/mol. The second-order valence-corrected chi connectivity index (χ2v) is 7.61. The number of rotatable bonds is 6. The number of aromatic nitrogens is 6. The molecule has 0 saturated heterocycles. The van der Waals surface area contributed by atoms with Crippen molar-refractivity contribution in [2.24, 2.45) is 0 Å². The largest absolute Gasteiger partial charge is 0.419 e. The highest BCUT2D eigenvalue weighted by atomic mass is 32.2. The molecule has 0 saturated carbocycles. The van der Waals surface area contributed by atoms with Crippen LogP contribution in [-0.4, -0.2) is 30.4 Å². The molecule has 126 valence electrons. The summed E-state index contributed by atoms with van der Waals surface area (Å²) in [6.07, 6.45) is 0. The minimum atomic E-state index is -0.0574. The molecule has 0 radical (unpaired) electrons. The van der Waals surface area contributed by atoms with Gasteiger partial charge in [-0.1, -0.05) is 36.0 Å². The van der Waals surface area contributed by atoms with Gasteiger partial charge in [-0.25, -0.2) is 4.68 Å². The first-order valence-electron chi connectivity index (χ1n) is 7.63. The lowest BCUT2D eigenvalue weighted by atomic mass is 10.2. The molecule has 1 atom stereocenters. The monoisotopic (exact) mass is 370 g/mol. The van der Waals surface area contributed by atoms with Gasteiger partial charge in [0.15, 0.2) is 0 Å². The van der Waals surface area contributed by atoms with Gasteiger partial charge in [-0.05, 0) is 40.9 Å². The molecular formula is C16H14N6OS2. The summed E-state index contributed by atoms with van der Waals surface area (Å²) in [4.78, 5) is 1.20. The number of thiophene rings is 1. The predicted molar refractivity (Wildman–Crippen MR) is 95.2 cm³/mol. The highest BCUT2D eigenvalue weighted by molar-refractivity contribution is 7.99. The third-order valence-electron chi connectivity index (χ3n) is 3.48. The van der Waals surface area contributed by atoms with Crippen LogP contribution in [0.2, 0.25) is 0 Å². The minimum Gasteiger partial charge on any atom is -0.419 e. The highest BCUT2D eigenvalue weighted by Gasteiger charge is 2.19. The zero-order chi connectivity index (χ0) is 17.1. The molecule has 0 amide bonds. The summed E-state index contributed by atoms with van der Waals surface area (Å²) in [5.74, 6) is 1.07. The van der Waals surface area contributed by atoms with Crippen LogP contribution in [-0.2, 0) is 6.54 Å². The molecule has 1 aromatic carbocycles. The first-order valence-corrected chi connectivity index (χ1v) is 9.39. The molecule has 9 heteroatoms. The van der Waals surface area contributed by atoms with Gasteiger partial charge in [0.2, 0.25) is 16.9 Å². The highest BCUT2D eigenvalue weighted by Crippen LogP contribution is 2.33. The van der Waals surface area contributed by atoms with Crippen molar-refractivity contribution in [3.05, 3.63) is 58.6 Å². The molecule has 3 aromatic heterocycles. The van der Waals surface area contributed by atoms with E-state index in [0.29, 0.717) is 18.3 Å². The van der Waals surface area contributed by atoms with Crippen LogP contribution in [0.1, 0.15) is 22.9 Å². The number of nitrogens with zero attached hydrogens (tertiary/aromatic N) is 6. The SMILES string of the molecule is CC(Sc1nnnn1Cc1cccs1)c1nnc(-c2ccccc2)o1. The Morgan fingerprint density at radius 3 is 2.80 bits per heavy atom. The number of hydrogen-bond donors (Lipinski definition) is 0. The molecule has 3 heterocycles. The van der Waals surface area contributed by atoms with Gasteiger partial charge in [0.1, 0.15) is 0 Å². The first kappa shape index (κ1) is 16.0. The van der Waals surface area contributed by atoms with E-state index in [4.69, 9.17) is 4.42 Å². The van der Waals surface area contributed by atoms with Crippen LogP contribution in [0.5, 0.6) is 0 Å². The van der Waals surface area contributed by atoms with Crippen LogP contribution >= 0.6 is 23.1 Å². The van der Waals surface area contributed by atoms with Gasteiger partial charge >= 0.3 is 0 Å². The molecule has 7 nitrogen and oxygen atoms in total. The maximum Gasteiger partial charge on any atom is 0.247 e. The quantitative estimate of drug-likeness (QED) is 0.479. The Balaban J connectivity index is 1.49. The minimum absolute atomic E-state index is 0.0574. The molecule has 0 aliphatic carbocycles. The van der Waals surface area contributed by atoms with Crippen molar-refractivity contribution in [1.82, 2.24) is 30.4 Å². The van der Waals surface area contributed by atoms with Crippen LogP contribution in [0.25, 0.3) is 11.5 Å². The molecule has 0 bridgehead atoms. The van der Waals surface area contributed by atoms with E-state index in [0.717, 1.165) is 10.7 Å². The molecule has 4 aromatic rings. The molecule has 0 fully saturated rings.